The Morgan fingerprint density at radius 1 is 1.57 bits per heavy atom. The molecule has 0 N–H and O–H groups in total. The molecule has 0 unspecified atom stereocenters. The van der Waals surface area contributed by atoms with Crippen molar-refractivity contribution >= 4 is 0 Å². The monoisotopic (exact) mass is 188 g/mol. The molecule has 0 aliphatic rings. The first-order chi connectivity index (χ1) is 6.69. The summed E-state index contributed by atoms with van der Waals surface area (Å²) in [6, 6.07) is 3.44. The molecule has 0 spiro atoms. The van der Waals surface area contributed by atoms with E-state index in [1.165, 1.54) is 6.07 Å². The van der Waals surface area contributed by atoms with Crippen molar-refractivity contribution in [1.29, 1.82) is 0 Å². The average Bonchev–Trinajstić information content (AvgIpc) is 2.14. The maximum Gasteiger partial charge on any atom is 0.139 e. The smallest absolute Gasteiger partial charge is 0.139 e. The van der Waals surface area contributed by atoms with E-state index in [2.05, 4.69) is 12.5 Å². The van der Waals surface area contributed by atoms with Gasteiger partial charge in [-0.25, -0.2) is 4.39 Å². The number of rotatable bonds is 3. The lowest BCUT2D eigenvalue weighted by Gasteiger charge is -2.04. The molecule has 1 aromatic rings. The van der Waals surface area contributed by atoms with Crippen LogP contribution in [-0.2, 0) is 6.42 Å². The molecule has 14 heavy (non-hydrogen) atoms. The van der Waals surface area contributed by atoms with Crippen molar-refractivity contribution in [1.82, 2.24) is 0 Å². The zero-order valence-electron chi connectivity index (χ0n) is 8.31. The van der Waals surface area contributed by atoms with E-state index in [9.17, 15) is 4.39 Å². The van der Waals surface area contributed by atoms with E-state index < -0.39 is 0 Å². The molecule has 0 bridgehead atoms. The summed E-state index contributed by atoms with van der Waals surface area (Å²) >= 11 is 0. The minimum absolute atomic E-state index is 0.299. The topological polar surface area (TPSA) is 0 Å². The SMILES string of the molecule is C#Cc1c(C)cc(CCC=C)cc1F. The summed E-state index contributed by atoms with van der Waals surface area (Å²) in [5.41, 5.74) is 2.16. The summed E-state index contributed by atoms with van der Waals surface area (Å²) in [5, 5.41) is 0. The number of hydrogen-bond acceptors (Lipinski definition) is 0. The lowest BCUT2D eigenvalue weighted by atomic mass is 10.0. The Labute approximate surface area is 84.5 Å². The molecule has 0 heterocycles. The van der Waals surface area contributed by atoms with Crippen molar-refractivity contribution in [3.8, 4) is 12.3 Å². The van der Waals surface area contributed by atoms with E-state index in [0.29, 0.717) is 5.56 Å². The van der Waals surface area contributed by atoms with Crippen molar-refractivity contribution in [3.63, 3.8) is 0 Å². The van der Waals surface area contributed by atoms with Crippen LogP contribution in [0.3, 0.4) is 0 Å². The van der Waals surface area contributed by atoms with Crippen LogP contribution in [-0.4, -0.2) is 0 Å². The molecule has 0 aromatic heterocycles. The molecule has 0 radical (unpaired) electrons. The standard InChI is InChI=1S/C13H13F/c1-4-6-7-11-8-10(3)12(5-2)13(14)9-11/h2,4,8-9H,1,6-7H2,3H3. The Morgan fingerprint density at radius 2 is 2.29 bits per heavy atom. The summed E-state index contributed by atoms with van der Waals surface area (Å²) in [6.07, 6.45) is 8.68. The zero-order valence-corrected chi connectivity index (χ0v) is 8.31. The van der Waals surface area contributed by atoms with Crippen LogP contribution in [0.2, 0.25) is 0 Å². The number of halogens is 1. The van der Waals surface area contributed by atoms with Crippen LogP contribution < -0.4 is 0 Å². The van der Waals surface area contributed by atoms with Crippen molar-refractivity contribution in [2.75, 3.05) is 0 Å². The molecule has 0 aliphatic heterocycles. The highest BCUT2D eigenvalue weighted by molar-refractivity contribution is 5.42. The van der Waals surface area contributed by atoms with Gasteiger partial charge >= 0.3 is 0 Å². The van der Waals surface area contributed by atoms with Gasteiger partial charge in [-0.15, -0.1) is 13.0 Å². The molecular formula is C13H13F. The Kier molecular flexibility index (Phi) is 3.48. The van der Waals surface area contributed by atoms with Gasteiger partial charge in [-0.2, -0.15) is 0 Å². The third-order valence-electron chi connectivity index (χ3n) is 2.13. The number of terminal acetylenes is 1. The highest BCUT2D eigenvalue weighted by Gasteiger charge is 2.04. The van der Waals surface area contributed by atoms with Gasteiger partial charge in [0.25, 0.3) is 0 Å². The zero-order chi connectivity index (χ0) is 10.6. The first-order valence-electron chi connectivity index (χ1n) is 4.55. The van der Waals surface area contributed by atoms with E-state index in [0.717, 1.165) is 24.0 Å². The number of aryl methyl sites for hydroxylation is 2. The Morgan fingerprint density at radius 3 is 2.79 bits per heavy atom. The third kappa shape index (κ3) is 2.23. The Hall–Kier alpha value is -1.55. The number of hydrogen-bond donors (Lipinski definition) is 0. The van der Waals surface area contributed by atoms with Gasteiger partial charge in [0.2, 0.25) is 0 Å². The third-order valence-corrected chi connectivity index (χ3v) is 2.13. The quantitative estimate of drug-likeness (QED) is 0.504. The van der Waals surface area contributed by atoms with Crippen LogP contribution in [0.4, 0.5) is 4.39 Å². The summed E-state index contributed by atoms with van der Waals surface area (Å²) in [7, 11) is 0. The van der Waals surface area contributed by atoms with Gasteiger partial charge in [0.15, 0.2) is 0 Å². The van der Waals surface area contributed by atoms with Gasteiger partial charge in [0.1, 0.15) is 5.82 Å². The second-order valence-corrected chi connectivity index (χ2v) is 3.24. The maximum atomic E-state index is 13.4. The largest absolute Gasteiger partial charge is 0.206 e. The minimum atomic E-state index is -0.299. The van der Waals surface area contributed by atoms with E-state index in [1.807, 2.05) is 19.1 Å². The summed E-state index contributed by atoms with van der Waals surface area (Å²) < 4.78 is 13.4. The second-order valence-electron chi connectivity index (χ2n) is 3.24. The maximum absolute atomic E-state index is 13.4. The van der Waals surface area contributed by atoms with Gasteiger partial charge in [0.05, 0.1) is 5.56 Å². The van der Waals surface area contributed by atoms with Crippen molar-refractivity contribution in [2.24, 2.45) is 0 Å². The Balaban J connectivity index is 3.02. The van der Waals surface area contributed by atoms with Crippen molar-refractivity contribution in [2.45, 2.75) is 19.8 Å². The molecular weight excluding hydrogens is 175 g/mol. The fraction of sp³-hybridized carbons (Fsp3) is 0.231. The molecule has 0 saturated heterocycles. The number of allylic oxidation sites excluding steroid dienone is 1. The summed E-state index contributed by atoms with van der Waals surface area (Å²) in [4.78, 5) is 0. The molecule has 1 aromatic carbocycles. The molecule has 1 rings (SSSR count). The predicted octanol–water partition coefficient (Wildman–Crippen LogP) is 3.23. The normalized spacial score (nSPS) is 9.50. The van der Waals surface area contributed by atoms with Crippen LogP contribution in [0.25, 0.3) is 0 Å². The fourth-order valence-electron chi connectivity index (χ4n) is 1.41. The van der Waals surface area contributed by atoms with Crippen LogP contribution in [0.15, 0.2) is 24.8 Å². The van der Waals surface area contributed by atoms with Crippen molar-refractivity contribution in [3.05, 3.63) is 47.3 Å². The first-order valence-corrected chi connectivity index (χ1v) is 4.55. The Bertz CT molecular complexity index is 360. The molecule has 0 saturated carbocycles. The van der Waals surface area contributed by atoms with Gasteiger partial charge in [-0.05, 0) is 37.0 Å². The highest BCUT2D eigenvalue weighted by atomic mass is 19.1. The fourth-order valence-corrected chi connectivity index (χ4v) is 1.41. The van der Waals surface area contributed by atoms with E-state index >= 15 is 0 Å². The van der Waals surface area contributed by atoms with Crippen LogP contribution >= 0.6 is 0 Å². The molecule has 1 heteroatoms. The van der Waals surface area contributed by atoms with E-state index in [-0.39, 0.29) is 5.82 Å². The van der Waals surface area contributed by atoms with Gasteiger partial charge in [-0.3, -0.25) is 0 Å². The molecule has 0 nitrogen and oxygen atoms in total. The van der Waals surface area contributed by atoms with E-state index in [1.54, 1.807) is 0 Å². The minimum Gasteiger partial charge on any atom is -0.206 e. The van der Waals surface area contributed by atoms with Crippen molar-refractivity contribution < 1.29 is 4.39 Å². The molecule has 0 atom stereocenters. The molecule has 72 valence electrons. The second kappa shape index (κ2) is 4.62. The lowest BCUT2D eigenvalue weighted by Crippen LogP contribution is -1.93. The predicted molar refractivity (Wildman–Crippen MR) is 57.6 cm³/mol. The highest BCUT2D eigenvalue weighted by Crippen LogP contribution is 2.16. The van der Waals surface area contributed by atoms with Crippen LogP contribution in [0, 0.1) is 25.1 Å². The molecule has 0 aliphatic carbocycles. The van der Waals surface area contributed by atoms with Crippen LogP contribution in [0.5, 0.6) is 0 Å². The molecule has 0 fully saturated rings. The van der Waals surface area contributed by atoms with Crippen LogP contribution in [0.1, 0.15) is 23.1 Å². The molecule has 0 amide bonds. The van der Waals surface area contributed by atoms with Gasteiger partial charge < -0.3 is 0 Å². The van der Waals surface area contributed by atoms with Gasteiger partial charge in [0, 0.05) is 0 Å². The first kappa shape index (κ1) is 10.5. The average molecular weight is 188 g/mol. The number of benzene rings is 1. The summed E-state index contributed by atoms with van der Waals surface area (Å²) in [5.74, 6) is 2.05. The van der Waals surface area contributed by atoms with Gasteiger partial charge in [-0.1, -0.05) is 18.1 Å². The summed E-state index contributed by atoms with van der Waals surface area (Å²) in [6.45, 7) is 5.46. The van der Waals surface area contributed by atoms with E-state index in [4.69, 9.17) is 6.42 Å². The lowest BCUT2D eigenvalue weighted by molar-refractivity contribution is 0.620.